The summed E-state index contributed by atoms with van der Waals surface area (Å²) < 4.78 is 15.7. The number of ether oxygens (including phenoxy) is 2. The monoisotopic (exact) mass is 520 g/mol. The van der Waals surface area contributed by atoms with Crippen molar-refractivity contribution in [3.05, 3.63) is 88.6 Å². The first-order chi connectivity index (χ1) is 17.8. The summed E-state index contributed by atoms with van der Waals surface area (Å²) in [4.78, 5) is 36.8. The highest BCUT2D eigenvalue weighted by molar-refractivity contribution is 6.42. The molecule has 0 unspecified atom stereocenters. The number of halogens is 1. The van der Waals surface area contributed by atoms with E-state index in [-0.39, 0.29) is 29.3 Å². The third-order valence-corrected chi connectivity index (χ3v) is 5.90. The van der Waals surface area contributed by atoms with Gasteiger partial charge < -0.3 is 24.4 Å². The maximum Gasteiger partial charge on any atom is 0.339 e. The quantitative estimate of drug-likeness (QED) is 0.236. The summed E-state index contributed by atoms with van der Waals surface area (Å²) in [6.45, 7) is -0.0290. The van der Waals surface area contributed by atoms with E-state index in [4.69, 9.17) is 25.6 Å². The molecule has 0 spiro atoms. The molecule has 0 bridgehead atoms. The van der Waals surface area contributed by atoms with Crippen LogP contribution in [0.5, 0.6) is 11.5 Å². The molecular formula is C27H21ClN2O7. The number of ketones is 1. The Balaban J connectivity index is 1.52. The number of benzene rings is 3. The first kappa shape index (κ1) is 25.5. The second kappa shape index (κ2) is 11.0. The van der Waals surface area contributed by atoms with Gasteiger partial charge in [0.05, 0.1) is 19.2 Å². The number of carboxylic acids is 1. The molecule has 0 atom stereocenters. The van der Waals surface area contributed by atoms with Crippen molar-refractivity contribution in [2.75, 3.05) is 14.2 Å². The highest BCUT2D eigenvalue weighted by Crippen LogP contribution is 2.31. The number of nitrogens with one attached hydrogen (secondary N) is 1. The van der Waals surface area contributed by atoms with Crippen LogP contribution in [0, 0.1) is 0 Å². The van der Waals surface area contributed by atoms with Gasteiger partial charge in [-0.1, -0.05) is 41.0 Å². The predicted molar refractivity (Wildman–Crippen MR) is 135 cm³/mol. The van der Waals surface area contributed by atoms with Crippen molar-refractivity contribution in [2.24, 2.45) is 0 Å². The molecule has 0 saturated carbocycles. The van der Waals surface area contributed by atoms with E-state index in [0.29, 0.717) is 33.0 Å². The minimum absolute atomic E-state index is 0.0139. The van der Waals surface area contributed by atoms with Crippen molar-refractivity contribution in [2.45, 2.75) is 6.54 Å². The Kier molecular flexibility index (Phi) is 7.55. The van der Waals surface area contributed by atoms with Gasteiger partial charge in [-0.05, 0) is 47.5 Å². The minimum atomic E-state index is -1.12. The zero-order valence-corrected chi connectivity index (χ0v) is 20.5. The molecule has 188 valence electrons. The maximum absolute atomic E-state index is 12.6. The van der Waals surface area contributed by atoms with Crippen LogP contribution in [0.15, 0.2) is 71.3 Å². The molecule has 1 aromatic heterocycles. The van der Waals surface area contributed by atoms with Crippen LogP contribution in [0.1, 0.15) is 26.4 Å². The Morgan fingerprint density at radius 1 is 0.946 bits per heavy atom. The topological polar surface area (TPSA) is 128 Å². The molecule has 0 radical (unpaired) electrons. The Bertz CT molecular complexity index is 1500. The summed E-state index contributed by atoms with van der Waals surface area (Å²) in [5.41, 5.74) is 2.28. The second-order valence-electron chi connectivity index (χ2n) is 7.81. The van der Waals surface area contributed by atoms with E-state index in [1.165, 1.54) is 26.4 Å². The largest absolute Gasteiger partial charge is 0.496 e. The van der Waals surface area contributed by atoms with Crippen LogP contribution in [-0.4, -0.2) is 42.1 Å². The number of hydrogen-bond donors (Lipinski definition) is 2. The highest BCUT2D eigenvalue weighted by atomic mass is 35.5. The first-order valence-corrected chi connectivity index (χ1v) is 11.3. The number of methoxy groups -OCH3 is 2. The zero-order valence-electron chi connectivity index (χ0n) is 19.8. The molecule has 4 aromatic rings. The van der Waals surface area contributed by atoms with Crippen LogP contribution < -0.4 is 14.8 Å². The molecule has 10 heteroatoms. The van der Waals surface area contributed by atoms with Crippen LogP contribution in [0.4, 0.5) is 0 Å². The van der Waals surface area contributed by atoms with Crippen LogP contribution in [-0.2, 0) is 11.3 Å². The molecule has 0 saturated heterocycles. The van der Waals surface area contributed by atoms with E-state index in [2.05, 4.69) is 10.5 Å². The van der Waals surface area contributed by atoms with Crippen LogP contribution in [0.25, 0.3) is 22.5 Å². The van der Waals surface area contributed by atoms with Crippen molar-refractivity contribution in [1.29, 1.82) is 0 Å². The SMILES string of the molecule is COc1ccc(-c2ccc(OC)c(C(=O)O)c2)cc1CNC(=O)C(=O)c1cc(-c2ccccc2Cl)on1. The zero-order chi connectivity index (χ0) is 26.5. The van der Waals surface area contributed by atoms with Gasteiger partial charge in [-0.3, -0.25) is 9.59 Å². The first-order valence-electron chi connectivity index (χ1n) is 10.9. The van der Waals surface area contributed by atoms with Crippen molar-refractivity contribution in [3.8, 4) is 33.9 Å². The third kappa shape index (κ3) is 5.46. The van der Waals surface area contributed by atoms with E-state index < -0.39 is 17.7 Å². The summed E-state index contributed by atoms with van der Waals surface area (Å²) in [5, 5.41) is 16.2. The summed E-state index contributed by atoms with van der Waals surface area (Å²) in [6, 6.07) is 18.2. The molecule has 4 rings (SSSR count). The van der Waals surface area contributed by atoms with Gasteiger partial charge >= 0.3 is 5.97 Å². The standard InChI is InChI=1S/C27H21ClN2O7/c1-35-22-9-7-15(16-8-10-23(36-2)19(12-16)27(33)34)11-17(22)14-29-26(32)25(31)21-13-24(37-30-21)18-5-3-4-6-20(18)28/h3-13H,14H2,1-2H3,(H,29,32)(H,33,34). The van der Waals surface area contributed by atoms with E-state index in [1.807, 2.05) is 0 Å². The van der Waals surface area contributed by atoms with Gasteiger partial charge in [0, 0.05) is 23.7 Å². The van der Waals surface area contributed by atoms with E-state index in [0.717, 1.165) is 0 Å². The molecule has 9 nitrogen and oxygen atoms in total. The smallest absolute Gasteiger partial charge is 0.339 e. The normalized spacial score (nSPS) is 10.6. The molecule has 1 amide bonds. The van der Waals surface area contributed by atoms with Crippen molar-refractivity contribution in [1.82, 2.24) is 10.5 Å². The highest BCUT2D eigenvalue weighted by Gasteiger charge is 2.22. The lowest BCUT2D eigenvalue weighted by atomic mass is 9.99. The van der Waals surface area contributed by atoms with Crippen LogP contribution in [0.2, 0.25) is 5.02 Å². The van der Waals surface area contributed by atoms with E-state index in [9.17, 15) is 19.5 Å². The lowest BCUT2D eigenvalue weighted by Crippen LogP contribution is -2.30. The number of carbonyl (C=O) groups is 3. The van der Waals surface area contributed by atoms with Crippen LogP contribution in [0.3, 0.4) is 0 Å². The second-order valence-corrected chi connectivity index (χ2v) is 8.22. The average molecular weight is 521 g/mol. The molecule has 0 aliphatic rings. The third-order valence-electron chi connectivity index (χ3n) is 5.57. The van der Waals surface area contributed by atoms with Gasteiger partial charge in [0.2, 0.25) is 0 Å². The van der Waals surface area contributed by atoms with Crippen molar-refractivity contribution >= 4 is 29.3 Å². The van der Waals surface area contributed by atoms with Gasteiger partial charge in [0.1, 0.15) is 17.1 Å². The fourth-order valence-electron chi connectivity index (χ4n) is 3.69. The Morgan fingerprint density at radius 3 is 2.30 bits per heavy atom. The average Bonchev–Trinajstić information content (AvgIpc) is 3.41. The van der Waals surface area contributed by atoms with Gasteiger partial charge in [-0.15, -0.1) is 0 Å². The summed E-state index contributed by atoms with van der Waals surface area (Å²) in [7, 11) is 2.88. The Morgan fingerprint density at radius 2 is 1.62 bits per heavy atom. The number of Topliss-reactive ketones (excluding diaryl/α,β-unsaturated/α-hetero) is 1. The van der Waals surface area contributed by atoms with Crippen LogP contribution >= 0.6 is 11.6 Å². The predicted octanol–water partition coefficient (Wildman–Crippen LogP) is 4.88. The van der Waals surface area contributed by atoms with Gasteiger partial charge in [0.25, 0.3) is 11.7 Å². The molecule has 2 N–H and O–H groups in total. The number of hydrogen-bond acceptors (Lipinski definition) is 7. The fraction of sp³-hybridized carbons (Fsp3) is 0.111. The fourth-order valence-corrected chi connectivity index (χ4v) is 3.92. The molecule has 0 aliphatic carbocycles. The summed E-state index contributed by atoms with van der Waals surface area (Å²) in [5.74, 6) is -1.91. The number of carbonyl (C=O) groups excluding carboxylic acids is 2. The molecule has 1 heterocycles. The number of nitrogens with zero attached hydrogens (tertiary/aromatic N) is 1. The molecule has 0 fully saturated rings. The molecule has 37 heavy (non-hydrogen) atoms. The van der Waals surface area contributed by atoms with Crippen molar-refractivity contribution in [3.63, 3.8) is 0 Å². The Labute approximate surface area is 216 Å². The van der Waals surface area contributed by atoms with E-state index in [1.54, 1.807) is 54.6 Å². The van der Waals surface area contributed by atoms with Gasteiger partial charge in [-0.25, -0.2) is 4.79 Å². The number of rotatable bonds is 9. The Hall–Kier alpha value is -4.63. The van der Waals surface area contributed by atoms with Crippen molar-refractivity contribution < 1.29 is 33.5 Å². The maximum atomic E-state index is 12.6. The number of aromatic nitrogens is 1. The number of amides is 1. The molecule has 0 aliphatic heterocycles. The van der Waals surface area contributed by atoms with Gasteiger partial charge in [0.15, 0.2) is 11.5 Å². The summed E-state index contributed by atoms with van der Waals surface area (Å²) in [6.07, 6.45) is 0. The lowest BCUT2D eigenvalue weighted by molar-refractivity contribution is -0.117. The molecular weight excluding hydrogens is 500 g/mol. The number of aromatic carboxylic acids is 1. The van der Waals surface area contributed by atoms with E-state index >= 15 is 0 Å². The summed E-state index contributed by atoms with van der Waals surface area (Å²) >= 11 is 6.15. The minimum Gasteiger partial charge on any atom is -0.496 e. The lowest BCUT2D eigenvalue weighted by Gasteiger charge is -2.13. The molecule has 3 aromatic carbocycles. The number of carboxylic acid groups (broad SMARTS) is 1. The van der Waals surface area contributed by atoms with Gasteiger partial charge in [-0.2, -0.15) is 0 Å².